The number of hydrogen-bond donors (Lipinski definition) is 1. The number of rotatable bonds is 3. The Morgan fingerprint density at radius 1 is 1.58 bits per heavy atom. The van der Waals surface area contributed by atoms with Gasteiger partial charge in [0.05, 0.1) is 6.20 Å². The summed E-state index contributed by atoms with van der Waals surface area (Å²) in [5, 5.41) is 17.6. The van der Waals surface area contributed by atoms with E-state index in [0.717, 1.165) is 19.5 Å². The molecule has 1 aromatic heterocycles. The van der Waals surface area contributed by atoms with E-state index in [1.165, 1.54) is 11.1 Å². The van der Waals surface area contributed by atoms with Crippen LogP contribution >= 0.6 is 0 Å². The molecule has 0 aromatic carbocycles. The maximum atomic E-state index is 12.1. The van der Waals surface area contributed by atoms with Crippen LogP contribution in [-0.4, -0.2) is 44.0 Å². The fourth-order valence-corrected chi connectivity index (χ4v) is 2.31. The Kier molecular flexibility index (Phi) is 3.89. The highest BCUT2D eigenvalue weighted by molar-refractivity contribution is 5.76. The van der Waals surface area contributed by atoms with Crippen molar-refractivity contribution in [1.82, 2.24) is 19.9 Å². The van der Waals surface area contributed by atoms with Gasteiger partial charge in [0.15, 0.2) is 0 Å². The molecule has 1 aliphatic heterocycles. The van der Waals surface area contributed by atoms with Crippen molar-refractivity contribution in [3.63, 3.8) is 0 Å². The van der Waals surface area contributed by atoms with Gasteiger partial charge in [0.2, 0.25) is 5.91 Å². The van der Waals surface area contributed by atoms with Crippen molar-refractivity contribution < 1.29 is 9.90 Å². The monoisotopic (exact) mass is 266 g/mol. The van der Waals surface area contributed by atoms with Crippen LogP contribution in [0.25, 0.3) is 0 Å². The lowest BCUT2D eigenvalue weighted by atomic mass is 10.0. The maximum absolute atomic E-state index is 12.1. The highest BCUT2D eigenvalue weighted by Gasteiger charge is 2.23. The number of likely N-dealkylation sites (tertiary alicyclic amines) is 1. The average Bonchev–Trinajstić information content (AvgIpc) is 2.77. The molecular formula is C13H22N4O2. The molecule has 6 heteroatoms. The lowest BCUT2D eigenvalue weighted by Gasteiger charge is -2.30. The first-order valence-electron chi connectivity index (χ1n) is 6.77. The van der Waals surface area contributed by atoms with E-state index in [2.05, 4.69) is 17.2 Å². The zero-order chi connectivity index (χ0) is 14.0. The van der Waals surface area contributed by atoms with Crippen molar-refractivity contribution in [2.24, 2.45) is 5.92 Å². The summed E-state index contributed by atoms with van der Waals surface area (Å²) in [7, 11) is 0. The molecule has 1 aromatic rings. The number of aromatic nitrogens is 3. The standard InChI is InChI=1S/C13H22N4O2/c1-10-5-4-6-16(7-10)12(18)9-17-8-11(14-15-17)13(2,3)19/h8,10,19H,4-7,9H2,1-3H3. The minimum absolute atomic E-state index is 0.0683. The second-order valence-corrected chi connectivity index (χ2v) is 5.95. The van der Waals surface area contributed by atoms with Crippen LogP contribution in [-0.2, 0) is 16.9 Å². The van der Waals surface area contributed by atoms with Crippen LogP contribution < -0.4 is 0 Å². The van der Waals surface area contributed by atoms with Crippen LogP contribution in [0.5, 0.6) is 0 Å². The molecule has 106 valence electrons. The lowest BCUT2D eigenvalue weighted by molar-refractivity contribution is -0.133. The Morgan fingerprint density at radius 3 is 2.89 bits per heavy atom. The van der Waals surface area contributed by atoms with Gasteiger partial charge in [0.1, 0.15) is 17.8 Å². The largest absolute Gasteiger partial charge is 0.384 e. The summed E-state index contributed by atoms with van der Waals surface area (Å²) in [6, 6.07) is 0. The Bertz CT molecular complexity index is 450. The zero-order valence-electron chi connectivity index (χ0n) is 11.8. The molecule has 2 rings (SSSR count). The van der Waals surface area contributed by atoms with Crippen molar-refractivity contribution in [1.29, 1.82) is 0 Å². The second-order valence-electron chi connectivity index (χ2n) is 5.95. The van der Waals surface area contributed by atoms with Gasteiger partial charge in [-0.1, -0.05) is 12.1 Å². The Morgan fingerprint density at radius 2 is 2.32 bits per heavy atom. The van der Waals surface area contributed by atoms with Crippen molar-refractivity contribution in [3.8, 4) is 0 Å². The highest BCUT2D eigenvalue weighted by Crippen LogP contribution is 2.17. The van der Waals surface area contributed by atoms with Crippen LogP contribution in [0.15, 0.2) is 6.20 Å². The first-order valence-corrected chi connectivity index (χ1v) is 6.77. The smallest absolute Gasteiger partial charge is 0.244 e. The number of amides is 1. The van der Waals surface area contributed by atoms with Crippen molar-refractivity contribution >= 4 is 5.91 Å². The fourth-order valence-electron chi connectivity index (χ4n) is 2.31. The second kappa shape index (κ2) is 5.28. The van der Waals surface area contributed by atoms with E-state index in [9.17, 15) is 9.90 Å². The molecule has 0 saturated carbocycles. The molecule has 1 aliphatic rings. The minimum Gasteiger partial charge on any atom is -0.384 e. The summed E-state index contributed by atoms with van der Waals surface area (Å²) in [4.78, 5) is 14.0. The van der Waals surface area contributed by atoms with Crippen molar-refractivity contribution in [2.45, 2.75) is 45.8 Å². The Hall–Kier alpha value is -1.43. The molecule has 6 nitrogen and oxygen atoms in total. The number of nitrogens with zero attached hydrogens (tertiary/aromatic N) is 4. The van der Waals surface area contributed by atoms with Gasteiger partial charge >= 0.3 is 0 Å². The van der Waals surface area contributed by atoms with Gasteiger partial charge in [-0.05, 0) is 32.6 Å². The third kappa shape index (κ3) is 3.53. The van der Waals surface area contributed by atoms with Crippen molar-refractivity contribution in [2.75, 3.05) is 13.1 Å². The van der Waals surface area contributed by atoms with Gasteiger partial charge in [-0.15, -0.1) is 5.10 Å². The van der Waals surface area contributed by atoms with Crippen molar-refractivity contribution in [3.05, 3.63) is 11.9 Å². The third-order valence-corrected chi connectivity index (χ3v) is 3.47. The van der Waals surface area contributed by atoms with E-state index >= 15 is 0 Å². The molecule has 1 fully saturated rings. The summed E-state index contributed by atoms with van der Waals surface area (Å²) in [6.45, 7) is 7.31. The van der Waals surface area contributed by atoms with Gasteiger partial charge < -0.3 is 10.0 Å². The molecule has 2 heterocycles. The Balaban J connectivity index is 1.97. The van der Waals surface area contributed by atoms with Crippen LogP contribution in [0.2, 0.25) is 0 Å². The summed E-state index contributed by atoms with van der Waals surface area (Å²) >= 11 is 0. The van der Waals surface area contributed by atoms with E-state index in [1.54, 1.807) is 20.0 Å². The van der Waals surface area contributed by atoms with E-state index in [-0.39, 0.29) is 12.5 Å². The van der Waals surface area contributed by atoms with E-state index < -0.39 is 5.60 Å². The van der Waals surface area contributed by atoms with Crippen LogP contribution in [0, 0.1) is 5.92 Å². The molecule has 1 unspecified atom stereocenters. The van der Waals surface area contributed by atoms with Gasteiger partial charge in [0.25, 0.3) is 0 Å². The molecule has 0 bridgehead atoms. The van der Waals surface area contributed by atoms with E-state index in [4.69, 9.17) is 0 Å². The quantitative estimate of drug-likeness (QED) is 0.877. The van der Waals surface area contributed by atoms with Gasteiger partial charge in [-0.2, -0.15) is 0 Å². The molecular weight excluding hydrogens is 244 g/mol. The zero-order valence-corrected chi connectivity index (χ0v) is 11.8. The van der Waals surface area contributed by atoms with E-state index in [1.807, 2.05) is 4.90 Å². The highest BCUT2D eigenvalue weighted by atomic mass is 16.3. The molecule has 1 amide bonds. The SMILES string of the molecule is CC1CCCN(C(=O)Cn2cc(C(C)(C)O)nn2)C1. The van der Waals surface area contributed by atoms with Gasteiger partial charge in [0, 0.05) is 13.1 Å². The molecule has 1 N–H and O–H groups in total. The number of piperidine rings is 1. The Labute approximate surface area is 113 Å². The summed E-state index contributed by atoms with van der Waals surface area (Å²) in [6.07, 6.45) is 3.89. The molecule has 0 spiro atoms. The number of carbonyl (C=O) groups excluding carboxylic acids is 1. The summed E-state index contributed by atoms with van der Waals surface area (Å²) in [5.74, 6) is 0.638. The number of carbonyl (C=O) groups is 1. The molecule has 19 heavy (non-hydrogen) atoms. The topological polar surface area (TPSA) is 71.2 Å². The van der Waals surface area contributed by atoms with Gasteiger partial charge in [-0.3, -0.25) is 4.79 Å². The average molecular weight is 266 g/mol. The normalized spacial score (nSPS) is 20.6. The lowest BCUT2D eigenvalue weighted by Crippen LogP contribution is -2.40. The predicted octanol–water partition coefficient (Wildman–Crippen LogP) is 0.764. The molecule has 0 radical (unpaired) electrons. The van der Waals surface area contributed by atoms with Crippen LogP contribution in [0.1, 0.15) is 39.3 Å². The maximum Gasteiger partial charge on any atom is 0.244 e. The summed E-state index contributed by atoms with van der Waals surface area (Å²) < 4.78 is 1.49. The molecule has 0 aliphatic carbocycles. The molecule has 1 saturated heterocycles. The third-order valence-electron chi connectivity index (χ3n) is 3.47. The van der Waals surface area contributed by atoms with E-state index in [0.29, 0.717) is 11.6 Å². The fraction of sp³-hybridized carbons (Fsp3) is 0.769. The first-order chi connectivity index (χ1) is 8.86. The van der Waals surface area contributed by atoms with Gasteiger partial charge in [-0.25, -0.2) is 4.68 Å². The van der Waals surface area contributed by atoms with Crippen LogP contribution in [0.4, 0.5) is 0 Å². The van der Waals surface area contributed by atoms with Crippen LogP contribution in [0.3, 0.4) is 0 Å². The number of aliphatic hydroxyl groups is 1. The summed E-state index contributed by atoms with van der Waals surface area (Å²) in [5.41, 5.74) is -0.548. The molecule has 1 atom stereocenters. The predicted molar refractivity (Wildman–Crippen MR) is 70.2 cm³/mol. The number of hydrogen-bond acceptors (Lipinski definition) is 4. The first kappa shape index (κ1) is 14.0. The minimum atomic E-state index is -1.03.